The summed E-state index contributed by atoms with van der Waals surface area (Å²) in [5.41, 5.74) is 3.97. The number of aromatic amines is 1. The third-order valence-electron chi connectivity index (χ3n) is 5.74. The zero-order valence-corrected chi connectivity index (χ0v) is 17.5. The third kappa shape index (κ3) is 3.39. The number of sulfone groups is 1. The Balaban J connectivity index is 1.95. The number of anilines is 1. The van der Waals surface area contributed by atoms with Gasteiger partial charge in [0, 0.05) is 19.2 Å². The minimum absolute atomic E-state index is 0.338. The largest absolute Gasteiger partial charge is 0.370 e. The Kier molecular flexibility index (Phi) is 4.88. The second-order valence-electron chi connectivity index (χ2n) is 8.04. The number of hydrogen-bond donors (Lipinski definition) is 0. The highest BCUT2D eigenvalue weighted by atomic mass is 32.2. The van der Waals surface area contributed by atoms with Gasteiger partial charge in [0.25, 0.3) is 0 Å². The minimum Gasteiger partial charge on any atom is -0.370 e. The van der Waals surface area contributed by atoms with E-state index >= 15 is 0 Å². The van der Waals surface area contributed by atoms with Gasteiger partial charge in [0.15, 0.2) is 11.1 Å². The van der Waals surface area contributed by atoms with Gasteiger partial charge in [-0.25, -0.2) is 13.4 Å². The Bertz CT molecular complexity index is 1110. The summed E-state index contributed by atoms with van der Waals surface area (Å²) in [7, 11) is -3.63. The van der Waals surface area contributed by atoms with Crippen molar-refractivity contribution in [3.8, 4) is 0 Å². The lowest BCUT2D eigenvalue weighted by Gasteiger charge is -2.33. The molecule has 1 aromatic heterocycles. The van der Waals surface area contributed by atoms with E-state index < -0.39 is 9.84 Å². The van der Waals surface area contributed by atoms with Crippen LogP contribution < -0.4 is 9.88 Å². The normalized spacial score (nSPS) is 15.9. The van der Waals surface area contributed by atoms with Gasteiger partial charge < -0.3 is 4.90 Å². The van der Waals surface area contributed by atoms with Crippen LogP contribution in [-0.2, 0) is 9.84 Å². The molecule has 28 heavy (non-hydrogen) atoms. The van der Waals surface area contributed by atoms with Gasteiger partial charge in [0.05, 0.1) is 16.0 Å². The van der Waals surface area contributed by atoms with Gasteiger partial charge in [0.2, 0.25) is 15.4 Å². The van der Waals surface area contributed by atoms with Gasteiger partial charge in [-0.2, -0.15) is 0 Å². The SMILES string of the molecule is Cc1ccc(S(=O)(=O)c2c[nH+]c3ccc(C)cc3c2N2CCC(C)CC2)cc1. The summed E-state index contributed by atoms with van der Waals surface area (Å²) >= 11 is 0. The summed E-state index contributed by atoms with van der Waals surface area (Å²) in [6, 6.07) is 13.3. The molecular weight excluding hydrogens is 368 g/mol. The summed E-state index contributed by atoms with van der Waals surface area (Å²) in [5, 5.41) is 0.975. The molecule has 0 spiro atoms. The molecule has 1 fully saturated rings. The number of fused-ring (bicyclic) bond motifs is 1. The van der Waals surface area contributed by atoms with Gasteiger partial charge in [-0.1, -0.05) is 30.7 Å². The summed E-state index contributed by atoms with van der Waals surface area (Å²) in [4.78, 5) is 6.18. The molecule has 0 saturated carbocycles. The lowest BCUT2D eigenvalue weighted by Crippen LogP contribution is -2.34. The standard InChI is InChI=1S/C23H26N2O2S/c1-16-4-7-19(8-5-16)28(26,27)22-15-24-21-9-6-18(3)14-20(21)23(22)25-12-10-17(2)11-13-25/h4-9,14-15,17H,10-13H2,1-3H3/p+1. The summed E-state index contributed by atoms with van der Waals surface area (Å²) in [6.07, 6.45) is 3.83. The molecule has 2 aromatic carbocycles. The zero-order valence-electron chi connectivity index (χ0n) is 16.7. The Morgan fingerprint density at radius 3 is 2.29 bits per heavy atom. The molecule has 0 aliphatic carbocycles. The fourth-order valence-electron chi connectivity index (χ4n) is 3.93. The van der Waals surface area contributed by atoms with E-state index in [0.29, 0.717) is 15.7 Å². The number of aromatic nitrogens is 1. The van der Waals surface area contributed by atoms with Gasteiger partial charge in [-0.05, 0) is 56.4 Å². The Morgan fingerprint density at radius 1 is 0.964 bits per heavy atom. The second-order valence-corrected chi connectivity index (χ2v) is 9.95. The van der Waals surface area contributed by atoms with Crippen LogP contribution >= 0.6 is 0 Å². The number of pyridine rings is 1. The van der Waals surface area contributed by atoms with Crippen molar-refractivity contribution in [1.82, 2.24) is 0 Å². The van der Waals surface area contributed by atoms with Gasteiger partial charge in [-0.3, -0.25) is 0 Å². The smallest absolute Gasteiger partial charge is 0.214 e. The number of hydrogen-bond acceptors (Lipinski definition) is 3. The van der Waals surface area contributed by atoms with E-state index in [2.05, 4.69) is 28.9 Å². The average molecular weight is 396 g/mol. The predicted molar refractivity (Wildman–Crippen MR) is 112 cm³/mol. The van der Waals surface area contributed by atoms with Crippen LogP contribution in [0, 0.1) is 19.8 Å². The maximum atomic E-state index is 13.6. The molecular formula is C23H27N2O2S+. The van der Waals surface area contributed by atoms with E-state index in [1.54, 1.807) is 18.3 Å². The Hall–Kier alpha value is -2.40. The fraction of sp³-hybridized carbons (Fsp3) is 0.348. The van der Waals surface area contributed by atoms with E-state index in [1.807, 2.05) is 32.0 Å². The maximum Gasteiger partial charge on any atom is 0.214 e. The van der Waals surface area contributed by atoms with E-state index in [1.165, 1.54) is 0 Å². The average Bonchev–Trinajstić information content (AvgIpc) is 2.68. The highest BCUT2D eigenvalue weighted by Gasteiger charge is 2.30. The third-order valence-corrected chi connectivity index (χ3v) is 7.53. The fourth-order valence-corrected chi connectivity index (χ4v) is 5.39. The van der Waals surface area contributed by atoms with E-state index in [4.69, 9.17) is 0 Å². The van der Waals surface area contributed by atoms with Crippen molar-refractivity contribution < 1.29 is 13.4 Å². The minimum atomic E-state index is -3.63. The first-order chi connectivity index (χ1) is 13.4. The highest BCUT2D eigenvalue weighted by Crippen LogP contribution is 2.37. The van der Waals surface area contributed by atoms with Crippen molar-refractivity contribution in [1.29, 1.82) is 0 Å². The first-order valence-corrected chi connectivity index (χ1v) is 11.4. The number of piperidine rings is 1. The second kappa shape index (κ2) is 7.21. The molecule has 5 heteroatoms. The molecule has 1 aliphatic heterocycles. The zero-order chi connectivity index (χ0) is 19.9. The van der Waals surface area contributed by atoms with Crippen LogP contribution in [0.2, 0.25) is 0 Å². The van der Waals surface area contributed by atoms with Crippen molar-refractivity contribution in [3.05, 3.63) is 59.8 Å². The Labute approximate surface area is 167 Å². The van der Waals surface area contributed by atoms with Gasteiger partial charge >= 0.3 is 0 Å². The first-order valence-electron chi connectivity index (χ1n) is 9.88. The molecule has 3 aromatic rings. The van der Waals surface area contributed by atoms with Crippen molar-refractivity contribution in [3.63, 3.8) is 0 Å². The van der Waals surface area contributed by atoms with Crippen LogP contribution in [0.3, 0.4) is 0 Å². The van der Waals surface area contributed by atoms with E-state index in [0.717, 1.165) is 53.6 Å². The quantitative estimate of drug-likeness (QED) is 0.663. The molecule has 1 N–H and O–H groups in total. The number of rotatable bonds is 3. The molecule has 0 unspecified atom stereocenters. The van der Waals surface area contributed by atoms with Crippen LogP contribution in [0.15, 0.2) is 58.5 Å². The first kappa shape index (κ1) is 18.9. The molecule has 0 bridgehead atoms. The van der Waals surface area contributed by atoms with Gasteiger partial charge in [-0.15, -0.1) is 0 Å². The number of nitrogens with one attached hydrogen (secondary N) is 1. The lowest BCUT2D eigenvalue weighted by molar-refractivity contribution is -0.347. The molecule has 0 amide bonds. The molecule has 4 nitrogen and oxygen atoms in total. The number of aryl methyl sites for hydroxylation is 2. The van der Waals surface area contributed by atoms with E-state index in [-0.39, 0.29) is 0 Å². The molecule has 4 rings (SSSR count). The van der Waals surface area contributed by atoms with Crippen LogP contribution in [-0.4, -0.2) is 21.5 Å². The van der Waals surface area contributed by atoms with Crippen LogP contribution in [0.25, 0.3) is 10.9 Å². The molecule has 1 aliphatic rings. The summed E-state index contributed by atoms with van der Waals surface area (Å²) in [6.45, 7) is 8.03. The molecule has 0 radical (unpaired) electrons. The van der Waals surface area contributed by atoms with Crippen LogP contribution in [0.5, 0.6) is 0 Å². The highest BCUT2D eigenvalue weighted by molar-refractivity contribution is 7.91. The Morgan fingerprint density at radius 2 is 1.61 bits per heavy atom. The van der Waals surface area contributed by atoms with Crippen LogP contribution in [0.4, 0.5) is 5.69 Å². The number of nitrogens with zero attached hydrogens (tertiary/aromatic N) is 1. The van der Waals surface area contributed by atoms with Gasteiger partial charge in [0.1, 0.15) is 0 Å². The molecule has 2 heterocycles. The van der Waals surface area contributed by atoms with Crippen molar-refractivity contribution >= 4 is 26.4 Å². The topological polar surface area (TPSA) is 51.5 Å². The van der Waals surface area contributed by atoms with Crippen molar-refractivity contribution in [2.45, 2.75) is 43.4 Å². The summed E-state index contributed by atoms with van der Waals surface area (Å²) in [5.74, 6) is 0.677. The van der Waals surface area contributed by atoms with Crippen molar-refractivity contribution in [2.24, 2.45) is 5.92 Å². The van der Waals surface area contributed by atoms with Crippen LogP contribution in [0.1, 0.15) is 30.9 Å². The monoisotopic (exact) mass is 395 g/mol. The number of H-pyrrole nitrogens is 1. The van der Waals surface area contributed by atoms with Crippen molar-refractivity contribution in [2.75, 3.05) is 18.0 Å². The molecule has 1 saturated heterocycles. The lowest BCUT2D eigenvalue weighted by atomic mass is 9.98. The molecule has 146 valence electrons. The number of benzene rings is 2. The maximum absolute atomic E-state index is 13.6. The predicted octanol–water partition coefficient (Wildman–Crippen LogP) is 4.34. The van der Waals surface area contributed by atoms with E-state index in [9.17, 15) is 8.42 Å². The molecule has 0 atom stereocenters. The summed E-state index contributed by atoms with van der Waals surface area (Å²) < 4.78 is 27.1.